The van der Waals surface area contributed by atoms with E-state index in [2.05, 4.69) is 10.1 Å². The van der Waals surface area contributed by atoms with Gasteiger partial charge in [0.05, 0.1) is 11.2 Å². The van der Waals surface area contributed by atoms with E-state index in [1.54, 1.807) is 0 Å². The molecule has 0 aliphatic heterocycles. The first-order chi connectivity index (χ1) is 11.6. The minimum absolute atomic E-state index is 0.0495. The van der Waals surface area contributed by atoms with Crippen molar-refractivity contribution in [1.29, 1.82) is 0 Å². The number of hydrogen-bond acceptors (Lipinski definition) is 4. The van der Waals surface area contributed by atoms with Crippen LogP contribution in [0.3, 0.4) is 0 Å². The summed E-state index contributed by atoms with van der Waals surface area (Å²) in [6.07, 6.45) is 0. The Labute approximate surface area is 139 Å². The molecule has 0 amide bonds. The third-order valence-corrected chi connectivity index (χ3v) is 4.67. The highest BCUT2D eigenvalue weighted by molar-refractivity contribution is 7.98. The predicted octanol–water partition coefficient (Wildman–Crippen LogP) is 4.16. The number of benzene rings is 2. The fourth-order valence-corrected chi connectivity index (χ4v) is 3.34. The molecule has 0 saturated carbocycles. The van der Waals surface area contributed by atoms with Crippen molar-refractivity contribution in [2.24, 2.45) is 0 Å². The molecule has 0 bridgehead atoms. The number of aromatic hydroxyl groups is 1. The Kier molecular flexibility index (Phi) is 3.57. The van der Waals surface area contributed by atoms with Crippen LogP contribution < -0.4 is 0 Å². The monoisotopic (exact) mass is 343 g/mol. The normalized spacial score (nSPS) is 11.4. The molecule has 24 heavy (non-hydrogen) atoms. The zero-order chi connectivity index (χ0) is 16.7. The van der Waals surface area contributed by atoms with E-state index in [1.807, 2.05) is 24.3 Å². The predicted molar refractivity (Wildman–Crippen MR) is 88.1 cm³/mol. The van der Waals surface area contributed by atoms with Gasteiger partial charge in [-0.3, -0.25) is 0 Å². The van der Waals surface area contributed by atoms with Crippen LogP contribution in [0.15, 0.2) is 53.4 Å². The highest BCUT2D eigenvalue weighted by Gasteiger charge is 2.13. The number of fused-ring (bicyclic) bond motifs is 3. The van der Waals surface area contributed by atoms with Crippen molar-refractivity contribution in [2.45, 2.75) is 10.6 Å². The second-order valence-electron chi connectivity index (χ2n) is 5.20. The summed E-state index contributed by atoms with van der Waals surface area (Å²) >= 11 is 1.12. The molecule has 0 spiro atoms. The fourth-order valence-electron chi connectivity index (χ4n) is 2.49. The summed E-state index contributed by atoms with van der Waals surface area (Å²) in [5.41, 5.74) is 1.81. The van der Waals surface area contributed by atoms with Gasteiger partial charge in [-0.1, -0.05) is 18.2 Å². The first-order valence-electron chi connectivity index (χ1n) is 7.16. The van der Waals surface area contributed by atoms with Gasteiger partial charge in [-0.2, -0.15) is 9.61 Å². The van der Waals surface area contributed by atoms with Crippen LogP contribution in [0.2, 0.25) is 0 Å². The third-order valence-electron chi connectivity index (χ3n) is 3.61. The van der Waals surface area contributed by atoms with E-state index in [4.69, 9.17) is 0 Å². The summed E-state index contributed by atoms with van der Waals surface area (Å²) in [7, 11) is 0. The van der Waals surface area contributed by atoms with Crippen molar-refractivity contribution in [3.8, 4) is 5.88 Å². The van der Waals surface area contributed by atoms with Crippen LogP contribution in [0.1, 0.15) is 5.69 Å². The lowest BCUT2D eigenvalue weighted by Crippen LogP contribution is -1.96. The Hall–Kier alpha value is -2.67. The van der Waals surface area contributed by atoms with Crippen LogP contribution >= 0.6 is 11.8 Å². The number of halogens is 2. The molecule has 120 valence electrons. The Morgan fingerprint density at radius 3 is 2.79 bits per heavy atom. The topological polar surface area (TPSA) is 50.4 Å². The standard InChI is InChI=1S/C17H11F2N3OS/c18-12-5-3-7-14(16(12)19)24-9-10-8-15(23)22-17(20-10)11-4-1-2-6-13(11)21-22/h1-8,23H,9H2. The van der Waals surface area contributed by atoms with Crippen LogP contribution in [-0.4, -0.2) is 19.7 Å². The molecule has 0 atom stereocenters. The largest absolute Gasteiger partial charge is 0.493 e. The molecule has 2 heterocycles. The van der Waals surface area contributed by atoms with E-state index in [9.17, 15) is 13.9 Å². The second kappa shape index (κ2) is 5.76. The molecule has 4 rings (SSSR count). The molecule has 1 N–H and O–H groups in total. The molecule has 0 unspecified atom stereocenters. The summed E-state index contributed by atoms with van der Waals surface area (Å²) in [4.78, 5) is 4.70. The molecule has 0 fully saturated rings. The first-order valence-corrected chi connectivity index (χ1v) is 8.15. The first kappa shape index (κ1) is 14.9. The minimum atomic E-state index is -0.881. The van der Waals surface area contributed by atoms with Crippen LogP contribution in [0.5, 0.6) is 5.88 Å². The number of nitrogens with zero attached hydrogens (tertiary/aromatic N) is 3. The van der Waals surface area contributed by atoms with E-state index in [1.165, 1.54) is 22.7 Å². The summed E-state index contributed by atoms with van der Waals surface area (Å²) in [5, 5.41) is 15.3. The molecule has 4 aromatic rings. The zero-order valence-corrected chi connectivity index (χ0v) is 13.1. The minimum Gasteiger partial charge on any atom is -0.493 e. The number of rotatable bonds is 3. The van der Waals surface area contributed by atoms with Gasteiger partial charge in [-0.15, -0.1) is 11.8 Å². The summed E-state index contributed by atoms with van der Waals surface area (Å²) in [6.45, 7) is 0. The van der Waals surface area contributed by atoms with Gasteiger partial charge in [-0.05, 0) is 24.3 Å². The van der Waals surface area contributed by atoms with Gasteiger partial charge < -0.3 is 5.11 Å². The number of aromatic nitrogens is 3. The highest BCUT2D eigenvalue weighted by Crippen LogP contribution is 2.28. The summed E-state index contributed by atoms with van der Waals surface area (Å²) < 4.78 is 28.3. The van der Waals surface area contributed by atoms with Gasteiger partial charge in [0.1, 0.15) is 0 Å². The average Bonchev–Trinajstić information content (AvgIpc) is 2.96. The van der Waals surface area contributed by atoms with Crippen molar-refractivity contribution in [1.82, 2.24) is 14.6 Å². The van der Waals surface area contributed by atoms with Gasteiger partial charge in [0, 0.05) is 22.1 Å². The summed E-state index contributed by atoms with van der Waals surface area (Å²) in [6, 6.07) is 12.9. The molecule has 0 aliphatic rings. The maximum absolute atomic E-state index is 13.7. The lowest BCUT2D eigenvalue weighted by molar-refractivity contribution is 0.435. The lowest BCUT2D eigenvalue weighted by atomic mass is 10.2. The van der Waals surface area contributed by atoms with E-state index in [-0.39, 0.29) is 10.8 Å². The van der Waals surface area contributed by atoms with Gasteiger partial charge >= 0.3 is 0 Å². The van der Waals surface area contributed by atoms with Crippen molar-refractivity contribution in [3.05, 3.63) is 65.9 Å². The van der Waals surface area contributed by atoms with Crippen molar-refractivity contribution in [2.75, 3.05) is 0 Å². The molecule has 2 aromatic heterocycles. The molecule has 0 saturated heterocycles. The highest BCUT2D eigenvalue weighted by atomic mass is 32.2. The fraction of sp³-hybridized carbons (Fsp3) is 0.0588. The van der Waals surface area contributed by atoms with Gasteiger partial charge in [0.2, 0.25) is 5.88 Å². The van der Waals surface area contributed by atoms with Crippen molar-refractivity contribution < 1.29 is 13.9 Å². The van der Waals surface area contributed by atoms with E-state index in [0.717, 1.165) is 28.7 Å². The zero-order valence-electron chi connectivity index (χ0n) is 12.3. The van der Waals surface area contributed by atoms with Crippen LogP contribution in [0, 0.1) is 11.6 Å². The molecule has 0 radical (unpaired) electrons. The van der Waals surface area contributed by atoms with E-state index >= 15 is 0 Å². The maximum Gasteiger partial charge on any atom is 0.215 e. The number of thioether (sulfide) groups is 1. The van der Waals surface area contributed by atoms with E-state index < -0.39 is 11.6 Å². The molecule has 4 nitrogen and oxygen atoms in total. The van der Waals surface area contributed by atoms with Gasteiger partial charge in [0.15, 0.2) is 17.3 Å². The smallest absolute Gasteiger partial charge is 0.215 e. The van der Waals surface area contributed by atoms with Gasteiger partial charge in [-0.25, -0.2) is 13.8 Å². The number of hydrogen-bond donors (Lipinski definition) is 1. The van der Waals surface area contributed by atoms with Crippen LogP contribution in [-0.2, 0) is 5.75 Å². The molecular formula is C17H11F2N3OS. The Balaban J connectivity index is 1.72. The third kappa shape index (κ3) is 2.46. The molecular weight excluding hydrogens is 332 g/mol. The summed E-state index contributed by atoms with van der Waals surface area (Å²) in [5.74, 6) is -1.51. The van der Waals surface area contributed by atoms with E-state index in [0.29, 0.717) is 17.1 Å². The van der Waals surface area contributed by atoms with Crippen LogP contribution in [0.25, 0.3) is 16.6 Å². The SMILES string of the molecule is Oc1cc(CSc2cccc(F)c2F)nc2c3ccccc3nn12. The van der Waals surface area contributed by atoms with Crippen molar-refractivity contribution in [3.63, 3.8) is 0 Å². The van der Waals surface area contributed by atoms with Crippen molar-refractivity contribution >= 4 is 28.3 Å². The van der Waals surface area contributed by atoms with Gasteiger partial charge in [0.25, 0.3) is 0 Å². The molecule has 2 aromatic carbocycles. The maximum atomic E-state index is 13.7. The lowest BCUT2D eigenvalue weighted by Gasteiger charge is -2.05. The van der Waals surface area contributed by atoms with Crippen LogP contribution in [0.4, 0.5) is 8.78 Å². The quantitative estimate of drug-likeness (QED) is 0.568. The Morgan fingerprint density at radius 2 is 1.92 bits per heavy atom. The Bertz CT molecular complexity index is 1060. The molecule has 0 aliphatic carbocycles. The molecule has 7 heteroatoms. The Morgan fingerprint density at radius 1 is 1.08 bits per heavy atom. The second-order valence-corrected chi connectivity index (χ2v) is 6.22. The average molecular weight is 343 g/mol.